The van der Waals surface area contributed by atoms with Crippen LogP contribution in [0.4, 0.5) is 5.82 Å². The minimum atomic E-state index is -0.562. The van der Waals surface area contributed by atoms with Crippen molar-refractivity contribution in [3.8, 4) is 0 Å². The Morgan fingerprint density at radius 1 is 1.63 bits per heavy atom. The molecule has 1 aliphatic heterocycles. The van der Waals surface area contributed by atoms with E-state index in [-0.39, 0.29) is 5.91 Å². The van der Waals surface area contributed by atoms with Gasteiger partial charge in [-0.2, -0.15) is 0 Å². The van der Waals surface area contributed by atoms with Gasteiger partial charge in [-0.15, -0.1) is 0 Å². The van der Waals surface area contributed by atoms with Gasteiger partial charge in [0.1, 0.15) is 5.82 Å². The third kappa shape index (κ3) is 3.91. The summed E-state index contributed by atoms with van der Waals surface area (Å²) < 4.78 is 0.952. The first-order chi connectivity index (χ1) is 9.06. The van der Waals surface area contributed by atoms with Gasteiger partial charge in [-0.3, -0.25) is 4.79 Å². The molecule has 19 heavy (non-hydrogen) atoms. The van der Waals surface area contributed by atoms with Gasteiger partial charge in [0, 0.05) is 43.8 Å². The fraction of sp³-hybridized carbons (Fsp3) is 0.538. The number of anilines is 1. The number of amides is 1. The van der Waals surface area contributed by atoms with Crippen LogP contribution in [0.1, 0.15) is 12.8 Å². The number of hydrogen-bond donors (Lipinski definition) is 1. The molecule has 1 saturated heterocycles. The Kier molecular flexibility index (Phi) is 4.76. The normalized spacial score (nSPS) is 16.8. The molecule has 0 aliphatic carbocycles. The number of hydrogen-bond acceptors (Lipinski definition) is 4. The predicted molar refractivity (Wildman–Crippen MR) is 77.0 cm³/mol. The molecule has 104 valence electrons. The summed E-state index contributed by atoms with van der Waals surface area (Å²) in [7, 11) is 1.88. The van der Waals surface area contributed by atoms with Crippen molar-refractivity contribution in [2.24, 2.45) is 0 Å². The zero-order valence-electron chi connectivity index (χ0n) is 10.9. The van der Waals surface area contributed by atoms with E-state index in [1.165, 1.54) is 0 Å². The number of likely N-dealkylation sites (N-methyl/N-ethyl adjacent to an activating group) is 1. The maximum absolute atomic E-state index is 11.5. The highest BCUT2D eigenvalue weighted by molar-refractivity contribution is 9.10. The molecule has 2 heterocycles. The maximum atomic E-state index is 11.5. The van der Waals surface area contributed by atoms with Crippen LogP contribution in [-0.2, 0) is 4.79 Å². The predicted octanol–water partition coefficient (Wildman–Crippen LogP) is 1.26. The number of likely N-dealkylation sites (tertiary alicyclic amines) is 1. The van der Waals surface area contributed by atoms with E-state index in [1.807, 2.05) is 24.1 Å². The lowest BCUT2D eigenvalue weighted by Crippen LogP contribution is -2.39. The minimum Gasteiger partial charge on any atom is -0.389 e. The first kappa shape index (κ1) is 14.3. The van der Waals surface area contributed by atoms with Crippen LogP contribution in [0.3, 0.4) is 0 Å². The van der Waals surface area contributed by atoms with Crippen LogP contribution < -0.4 is 4.90 Å². The average molecular weight is 328 g/mol. The number of aliphatic hydroxyl groups is 1. The monoisotopic (exact) mass is 327 g/mol. The van der Waals surface area contributed by atoms with Crippen molar-refractivity contribution in [1.29, 1.82) is 0 Å². The van der Waals surface area contributed by atoms with E-state index in [0.717, 1.165) is 23.3 Å². The molecule has 1 amide bonds. The largest absolute Gasteiger partial charge is 0.389 e. The van der Waals surface area contributed by atoms with Gasteiger partial charge in [0.25, 0.3) is 0 Å². The van der Waals surface area contributed by atoms with Crippen LogP contribution in [0, 0.1) is 0 Å². The molecule has 1 aliphatic rings. The number of pyridine rings is 1. The Bertz CT molecular complexity index is 455. The standard InChI is InChI=1S/C13H18BrN3O2/c1-16(12-7-10(14)4-5-15-12)8-11(18)9-17-6-2-3-13(17)19/h4-5,7,11,18H,2-3,6,8-9H2,1H3. The molecule has 1 atom stereocenters. The van der Waals surface area contributed by atoms with E-state index in [1.54, 1.807) is 11.1 Å². The number of nitrogens with zero attached hydrogens (tertiary/aromatic N) is 3. The summed E-state index contributed by atoms with van der Waals surface area (Å²) in [4.78, 5) is 19.4. The van der Waals surface area contributed by atoms with E-state index in [4.69, 9.17) is 0 Å². The number of carbonyl (C=O) groups is 1. The summed E-state index contributed by atoms with van der Waals surface area (Å²) in [6.07, 6.45) is 2.66. The van der Waals surface area contributed by atoms with Gasteiger partial charge >= 0.3 is 0 Å². The molecule has 0 aromatic carbocycles. The second-order valence-corrected chi connectivity index (χ2v) is 5.73. The summed E-state index contributed by atoms with van der Waals surface area (Å²) >= 11 is 3.39. The second kappa shape index (κ2) is 6.34. The number of aliphatic hydroxyl groups excluding tert-OH is 1. The third-order valence-electron chi connectivity index (χ3n) is 3.19. The molecule has 1 N–H and O–H groups in total. The first-order valence-corrected chi connectivity index (χ1v) is 7.14. The van der Waals surface area contributed by atoms with E-state index >= 15 is 0 Å². The lowest BCUT2D eigenvalue weighted by molar-refractivity contribution is -0.128. The Labute approximate surface area is 121 Å². The number of aromatic nitrogens is 1. The summed E-state index contributed by atoms with van der Waals surface area (Å²) in [5.41, 5.74) is 0. The van der Waals surface area contributed by atoms with Crippen molar-refractivity contribution < 1.29 is 9.90 Å². The molecule has 1 unspecified atom stereocenters. The van der Waals surface area contributed by atoms with Gasteiger partial charge in [-0.1, -0.05) is 15.9 Å². The highest BCUT2D eigenvalue weighted by atomic mass is 79.9. The van der Waals surface area contributed by atoms with Gasteiger partial charge < -0.3 is 14.9 Å². The van der Waals surface area contributed by atoms with Crippen LogP contribution in [0.15, 0.2) is 22.8 Å². The molecule has 0 spiro atoms. The van der Waals surface area contributed by atoms with Crippen LogP contribution >= 0.6 is 15.9 Å². The molecule has 0 radical (unpaired) electrons. The van der Waals surface area contributed by atoms with Crippen molar-refractivity contribution in [2.45, 2.75) is 18.9 Å². The van der Waals surface area contributed by atoms with Gasteiger partial charge in [0.2, 0.25) is 5.91 Å². The lowest BCUT2D eigenvalue weighted by Gasteiger charge is -2.25. The minimum absolute atomic E-state index is 0.141. The fourth-order valence-corrected chi connectivity index (χ4v) is 2.54. The Hall–Kier alpha value is -1.14. The van der Waals surface area contributed by atoms with Crippen LogP contribution in [0.5, 0.6) is 0 Å². The van der Waals surface area contributed by atoms with Crippen molar-refractivity contribution in [3.05, 3.63) is 22.8 Å². The highest BCUT2D eigenvalue weighted by Gasteiger charge is 2.23. The molecule has 2 rings (SSSR count). The first-order valence-electron chi connectivity index (χ1n) is 6.35. The molecule has 6 heteroatoms. The van der Waals surface area contributed by atoms with E-state index in [0.29, 0.717) is 19.5 Å². The Balaban J connectivity index is 1.87. The van der Waals surface area contributed by atoms with E-state index in [2.05, 4.69) is 20.9 Å². The van der Waals surface area contributed by atoms with Gasteiger partial charge in [0.05, 0.1) is 6.10 Å². The van der Waals surface area contributed by atoms with Crippen LogP contribution in [0.2, 0.25) is 0 Å². The quantitative estimate of drug-likeness (QED) is 0.884. The molecule has 0 saturated carbocycles. The van der Waals surface area contributed by atoms with Gasteiger partial charge in [-0.05, 0) is 18.6 Å². The van der Waals surface area contributed by atoms with Gasteiger partial charge in [0.15, 0.2) is 0 Å². The molecular formula is C13H18BrN3O2. The number of rotatable bonds is 5. The molecule has 1 fully saturated rings. The maximum Gasteiger partial charge on any atom is 0.222 e. The highest BCUT2D eigenvalue weighted by Crippen LogP contribution is 2.16. The molecule has 1 aromatic rings. The van der Waals surface area contributed by atoms with E-state index < -0.39 is 6.10 Å². The van der Waals surface area contributed by atoms with Crippen molar-refractivity contribution in [2.75, 3.05) is 31.6 Å². The zero-order valence-corrected chi connectivity index (χ0v) is 12.5. The lowest BCUT2D eigenvalue weighted by atomic mass is 10.3. The van der Waals surface area contributed by atoms with Crippen molar-refractivity contribution >= 4 is 27.7 Å². The Morgan fingerprint density at radius 3 is 3.05 bits per heavy atom. The molecule has 5 nitrogen and oxygen atoms in total. The number of carbonyl (C=O) groups excluding carboxylic acids is 1. The zero-order chi connectivity index (χ0) is 13.8. The van der Waals surface area contributed by atoms with Crippen LogP contribution in [0.25, 0.3) is 0 Å². The van der Waals surface area contributed by atoms with E-state index in [9.17, 15) is 9.90 Å². The third-order valence-corrected chi connectivity index (χ3v) is 3.68. The topological polar surface area (TPSA) is 56.7 Å². The SMILES string of the molecule is CN(CC(O)CN1CCCC1=O)c1cc(Br)ccn1. The summed E-state index contributed by atoms with van der Waals surface area (Å²) in [6.45, 7) is 1.61. The molecule has 0 bridgehead atoms. The van der Waals surface area contributed by atoms with Crippen molar-refractivity contribution in [3.63, 3.8) is 0 Å². The molecular weight excluding hydrogens is 310 g/mol. The van der Waals surface area contributed by atoms with Crippen molar-refractivity contribution in [1.82, 2.24) is 9.88 Å². The Morgan fingerprint density at radius 2 is 2.42 bits per heavy atom. The number of halogens is 1. The second-order valence-electron chi connectivity index (χ2n) is 4.81. The molecule has 1 aromatic heterocycles. The summed E-state index contributed by atoms with van der Waals surface area (Å²) in [5.74, 6) is 0.934. The number of β-amino-alcohol motifs (C(OH)–C–C–N with tert-alkyl or cyclic N) is 1. The summed E-state index contributed by atoms with van der Waals surface area (Å²) in [6, 6.07) is 3.75. The smallest absolute Gasteiger partial charge is 0.222 e. The summed E-state index contributed by atoms with van der Waals surface area (Å²) in [5, 5.41) is 10.1. The van der Waals surface area contributed by atoms with Crippen LogP contribution in [-0.4, -0.2) is 53.7 Å². The average Bonchev–Trinajstić information content (AvgIpc) is 2.75. The van der Waals surface area contributed by atoms with Gasteiger partial charge in [-0.25, -0.2) is 4.98 Å². The fourth-order valence-electron chi connectivity index (χ4n) is 2.22.